The number of benzene rings is 1. The van der Waals surface area contributed by atoms with Gasteiger partial charge in [-0.3, -0.25) is 0 Å². The fourth-order valence-electron chi connectivity index (χ4n) is 1.71. The smallest absolute Gasteiger partial charge is 0.0701 e. The lowest BCUT2D eigenvalue weighted by atomic mass is 10.1. The summed E-state index contributed by atoms with van der Waals surface area (Å²) in [5, 5.41) is 4.58. The maximum absolute atomic E-state index is 6.25. The van der Waals surface area contributed by atoms with Crippen LogP contribution in [0.5, 0.6) is 0 Å². The normalized spacial score (nSPS) is 12.6. The number of methoxy groups -OCH3 is 1. The molecule has 0 heterocycles. The second kappa shape index (κ2) is 9.56. The minimum atomic E-state index is 0.0445. The summed E-state index contributed by atoms with van der Waals surface area (Å²) in [4.78, 5) is 0. The van der Waals surface area contributed by atoms with Crippen LogP contribution in [0.3, 0.4) is 0 Å². The Morgan fingerprint density at radius 2 is 2.05 bits per heavy atom. The fraction of sp³-hybridized carbons (Fsp3) is 0.571. The van der Waals surface area contributed by atoms with Gasteiger partial charge in [-0.15, -0.1) is 0 Å². The first-order valence-corrected chi connectivity index (χ1v) is 7.20. The van der Waals surface area contributed by atoms with Crippen LogP contribution in [0.15, 0.2) is 18.2 Å². The van der Waals surface area contributed by atoms with Crippen molar-refractivity contribution < 1.29 is 9.47 Å². The average molecular weight is 306 g/mol. The minimum absolute atomic E-state index is 0.0445. The second-order valence-electron chi connectivity index (χ2n) is 4.22. The molecule has 5 heteroatoms. The third-order valence-electron chi connectivity index (χ3n) is 2.71. The highest BCUT2D eigenvalue weighted by molar-refractivity contribution is 6.42. The van der Waals surface area contributed by atoms with Crippen LogP contribution in [0.1, 0.15) is 24.9 Å². The summed E-state index contributed by atoms with van der Waals surface area (Å²) < 4.78 is 10.6. The molecule has 0 aliphatic heterocycles. The predicted molar refractivity (Wildman–Crippen MR) is 80.2 cm³/mol. The largest absolute Gasteiger partial charge is 0.382 e. The summed E-state index contributed by atoms with van der Waals surface area (Å²) in [6.07, 6.45) is 1.05. The van der Waals surface area contributed by atoms with Gasteiger partial charge in [0.15, 0.2) is 0 Å². The van der Waals surface area contributed by atoms with Crippen LogP contribution >= 0.6 is 23.2 Å². The Morgan fingerprint density at radius 3 is 2.74 bits per heavy atom. The van der Waals surface area contributed by atoms with Gasteiger partial charge in [0.1, 0.15) is 0 Å². The summed E-state index contributed by atoms with van der Waals surface area (Å²) in [5.74, 6) is 0. The van der Waals surface area contributed by atoms with Crippen molar-refractivity contribution in [3.63, 3.8) is 0 Å². The minimum Gasteiger partial charge on any atom is -0.382 e. The molecule has 0 amide bonds. The lowest BCUT2D eigenvalue weighted by Crippen LogP contribution is -2.27. The Kier molecular flexibility index (Phi) is 8.42. The summed E-state index contributed by atoms with van der Waals surface area (Å²) in [7, 11) is 1.66. The molecule has 108 valence electrons. The zero-order chi connectivity index (χ0) is 14.1. The molecule has 1 rings (SSSR count). The van der Waals surface area contributed by atoms with Gasteiger partial charge in [0.25, 0.3) is 0 Å². The molecule has 0 fully saturated rings. The maximum Gasteiger partial charge on any atom is 0.0701 e. The third-order valence-corrected chi connectivity index (χ3v) is 3.55. The zero-order valence-electron chi connectivity index (χ0n) is 11.4. The van der Waals surface area contributed by atoms with E-state index >= 15 is 0 Å². The molecule has 0 saturated heterocycles. The molecular formula is C14H21Cl2NO2. The molecule has 0 saturated carbocycles. The van der Waals surface area contributed by atoms with E-state index in [2.05, 4.69) is 12.2 Å². The van der Waals surface area contributed by atoms with Crippen molar-refractivity contribution in [2.24, 2.45) is 0 Å². The number of hydrogen-bond acceptors (Lipinski definition) is 3. The Labute approximate surface area is 125 Å². The number of halogens is 2. The molecule has 0 radical (unpaired) electrons. The molecule has 1 N–H and O–H groups in total. The van der Waals surface area contributed by atoms with Crippen molar-refractivity contribution in [1.82, 2.24) is 5.32 Å². The van der Waals surface area contributed by atoms with Crippen molar-refractivity contribution in [2.45, 2.75) is 19.4 Å². The third kappa shape index (κ3) is 5.67. The quantitative estimate of drug-likeness (QED) is 0.706. The Bertz CT molecular complexity index is 374. The van der Waals surface area contributed by atoms with Gasteiger partial charge in [-0.25, -0.2) is 0 Å². The van der Waals surface area contributed by atoms with E-state index in [1.54, 1.807) is 13.2 Å². The van der Waals surface area contributed by atoms with E-state index in [9.17, 15) is 0 Å². The summed E-state index contributed by atoms with van der Waals surface area (Å²) in [6, 6.07) is 5.71. The second-order valence-corrected chi connectivity index (χ2v) is 5.00. The fourth-order valence-corrected chi connectivity index (χ4v) is 2.15. The highest BCUT2D eigenvalue weighted by Crippen LogP contribution is 2.30. The van der Waals surface area contributed by atoms with E-state index in [1.807, 2.05) is 12.1 Å². The maximum atomic E-state index is 6.25. The average Bonchev–Trinajstić information content (AvgIpc) is 2.42. The molecule has 1 unspecified atom stereocenters. The topological polar surface area (TPSA) is 30.5 Å². The van der Waals surface area contributed by atoms with Gasteiger partial charge in [0.05, 0.1) is 35.9 Å². The van der Waals surface area contributed by atoms with Crippen molar-refractivity contribution in [3.8, 4) is 0 Å². The van der Waals surface area contributed by atoms with Gasteiger partial charge in [-0.2, -0.15) is 0 Å². The molecule has 0 aliphatic carbocycles. The Balaban J connectivity index is 2.69. The van der Waals surface area contributed by atoms with E-state index in [4.69, 9.17) is 32.7 Å². The van der Waals surface area contributed by atoms with E-state index in [0.29, 0.717) is 29.9 Å². The summed E-state index contributed by atoms with van der Waals surface area (Å²) >= 11 is 12.3. The van der Waals surface area contributed by atoms with Crippen LogP contribution in [0.2, 0.25) is 10.0 Å². The first-order valence-electron chi connectivity index (χ1n) is 6.44. The van der Waals surface area contributed by atoms with Gasteiger partial charge in [0.2, 0.25) is 0 Å². The van der Waals surface area contributed by atoms with Gasteiger partial charge in [-0.05, 0) is 24.6 Å². The molecule has 0 bridgehead atoms. The molecule has 0 aromatic heterocycles. The SMILES string of the molecule is CCCNC(COCCOC)c1cccc(Cl)c1Cl. The molecule has 1 atom stereocenters. The van der Waals surface area contributed by atoms with E-state index in [0.717, 1.165) is 18.5 Å². The monoisotopic (exact) mass is 305 g/mol. The van der Waals surface area contributed by atoms with Crippen LogP contribution in [0.4, 0.5) is 0 Å². The first kappa shape index (κ1) is 16.7. The highest BCUT2D eigenvalue weighted by Gasteiger charge is 2.15. The molecule has 3 nitrogen and oxygen atoms in total. The summed E-state index contributed by atoms with van der Waals surface area (Å²) in [5.41, 5.74) is 0.972. The van der Waals surface area contributed by atoms with Crippen molar-refractivity contribution in [2.75, 3.05) is 33.5 Å². The van der Waals surface area contributed by atoms with Gasteiger partial charge >= 0.3 is 0 Å². The molecule has 0 aliphatic rings. The van der Waals surface area contributed by atoms with Gasteiger partial charge < -0.3 is 14.8 Å². The number of nitrogens with one attached hydrogen (secondary N) is 1. The highest BCUT2D eigenvalue weighted by atomic mass is 35.5. The molecule has 1 aromatic rings. The Morgan fingerprint density at radius 1 is 1.26 bits per heavy atom. The Hall–Kier alpha value is -0.320. The number of hydrogen-bond donors (Lipinski definition) is 1. The van der Waals surface area contributed by atoms with E-state index < -0.39 is 0 Å². The van der Waals surface area contributed by atoms with Crippen molar-refractivity contribution in [1.29, 1.82) is 0 Å². The first-order chi connectivity index (χ1) is 9.20. The van der Waals surface area contributed by atoms with Crippen LogP contribution in [-0.2, 0) is 9.47 Å². The van der Waals surface area contributed by atoms with Crippen molar-refractivity contribution >= 4 is 23.2 Å². The van der Waals surface area contributed by atoms with E-state index in [-0.39, 0.29) is 6.04 Å². The molecular weight excluding hydrogens is 285 g/mol. The van der Waals surface area contributed by atoms with Crippen LogP contribution in [-0.4, -0.2) is 33.5 Å². The molecule has 19 heavy (non-hydrogen) atoms. The van der Waals surface area contributed by atoms with Gasteiger partial charge in [0, 0.05) is 7.11 Å². The standard InChI is InChI=1S/C14H21Cl2NO2/c1-3-7-17-13(10-19-9-8-18-2)11-5-4-6-12(15)14(11)16/h4-6,13,17H,3,7-10H2,1-2H3. The summed E-state index contributed by atoms with van der Waals surface area (Å²) in [6.45, 7) is 4.72. The molecule has 0 spiro atoms. The number of rotatable bonds is 9. The van der Waals surface area contributed by atoms with Crippen molar-refractivity contribution in [3.05, 3.63) is 33.8 Å². The van der Waals surface area contributed by atoms with Crippen LogP contribution < -0.4 is 5.32 Å². The zero-order valence-corrected chi connectivity index (χ0v) is 12.9. The van der Waals surface area contributed by atoms with E-state index in [1.165, 1.54) is 0 Å². The lowest BCUT2D eigenvalue weighted by molar-refractivity contribution is 0.0586. The van der Waals surface area contributed by atoms with Crippen LogP contribution in [0.25, 0.3) is 0 Å². The molecule has 1 aromatic carbocycles. The van der Waals surface area contributed by atoms with Gasteiger partial charge in [-0.1, -0.05) is 42.3 Å². The van der Waals surface area contributed by atoms with Crippen LogP contribution in [0, 0.1) is 0 Å². The predicted octanol–water partition coefficient (Wildman–Crippen LogP) is 3.70. The lowest BCUT2D eigenvalue weighted by Gasteiger charge is -2.20. The number of ether oxygens (including phenoxy) is 2.